The second kappa shape index (κ2) is 5.62. The lowest BCUT2D eigenvalue weighted by Gasteiger charge is -2.09. The molecular formula is C17H14BrFO2. The number of rotatable bonds is 3. The summed E-state index contributed by atoms with van der Waals surface area (Å²) in [5.41, 5.74) is 2.74. The summed E-state index contributed by atoms with van der Waals surface area (Å²) in [7, 11) is 0. The van der Waals surface area contributed by atoms with Gasteiger partial charge in [-0.05, 0) is 42.8 Å². The van der Waals surface area contributed by atoms with Crippen molar-refractivity contribution in [2.75, 3.05) is 0 Å². The first-order valence-electron chi connectivity index (χ1n) is 6.65. The van der Waals surface area contributed by atoms with Gasteiger partial charge in [0.15, 0.2) is 0 Å². The van der Waals surface area contributed by atoms with Crippen LogP contribution in [0.2, 0.25) is 0 Å². The average Bonchev–Trinajstić information content (AvgIpc) is 2.85. The Labute approximate surface area is 130 Å². The smallest absolute Gasteiger partial charge is 0.134 e. The third-order valence-electron chi connectivity index (χ3n) is 3.45. The molecule has 3 rings (SSSR count). The van der Waals surface area contributed by atoms with E-state index in [9.17, 15) is 9.50 Å². The highest BCUT2D eigenvalue weighted by Gasteiger charge is 2.16. The van der Waals surface area contributed by atoms with Crippen molar-refractivity contribution in [3.63, 3.8) is 0 Å². The van der Waals surface area contributed by atoms with E-state index in [-0.39, 0.29) is 5.82 Å². The first-order valence-corrected chi connectivity index (χ1v) is 7.44. The van der Waals surface area contributed by atoms with E-state index < -0.39 is 6.10 Å². The Morgan fingerprint density at radius 2 is 2.00 bits per heavy atom. The van der Waals surface area contributed by atoms with Gasteiger partial charge in [-0.15, -0.1) is 0 Å². The molecule has 0 fully saturated rings. The molecule has 0 aliphatic carbocycles. The fourth-order valence-electron chi connectivity index (χ4n) is 2.34. The van der Waals surface area contributed by atoms with Gasteiger partial charge in [0, 0.05) is 16.3 Å². The van der Waals surface area contributed by atoms with Gasteiger partial charge in [-0.3, -0.25) is 0 Å². The van der Waals surface area contributed by atoms with Gasteiger partial charge in [-0.25, -0.2) is 4.39 Å². The largest absolute Gasteiger partial charge is 0.458 e. The van der Waals surface area contributed by atoms with E-state index in [1.807, 2.05) is 31.2 Å². The van der Waals surface area contributed by atoms with Crippen LogP contribution >= 0.6 is 15.9 Å². The van der Waals surface area contributed by atoms with Crippen LogP contribution in [0.25, 0.3) is 11.0 Å². The number of halogens is 2. The van der Waals surface area contributed by atoms with Gasteiger partial charge in [-0.1, -0.05) is 33.6 Å². The number of aliphatic hydroxyl groups is 1. The SMILES string of the molecule is Cc1ccc2oc(C(O)Cc3ccc(F)cc3Br)cc2c1. The molecule has 0 spiro atoms. The zero-order valence-corrected chi connectivity index (χ0v) is 13.0. The third-order valence-corrected chi connectivity index (χ3v) is 4.19. The summed E-state index contributed by atoms with van der Waals surface area (Å²) in [5, 5.41) is 11.3. The lowest BCUT2D eigenvalue weighted by Crippen LogP contribution is -2.01. The highest BCUT2D eigenvalue weighted by atomic mass is 79.9. The molecule has 1 unspecified atom stereocenters. The van der Waals surface area contributed by atoms with Crippen LogP contribution in [0.4, 0.5) is 4.39 Å². The predicted molar refractivity (Wildman–Crippen MR) is 83.7 cm³/mol. The van der Waals surface area contributed by atoms with Gasteiger partial charge in [0.1, 0.15) is 23.3 Å². The molecule has 1 aromatic heterocycles. The van der Waals surface area contributed by atoms with Crippen LogP contribution in [-0.2, 0) is 6.42 Å². The summed E-state index contributed by atoms with van der Waals surface area (Å²) in [6.45, 7) is 2.01. The molecule has 0 radical (unpaired) electrons. The normalized spacial score (nSPS) is 12.8. The minimum atomic E-state index is -0.764. The summed E-state index contributed by atoms with van der Waals surface area (Å²) in [5.74, 6) is 0.214. The van der Waals surface area contributed by atoms with Gasteiger partial charge >= 0.3 is 0 Å². The van der Waals surface area contributed by atoms with Crippen molar-refractivity contribution < 1.29 is 13.9 Å². The van der Waals surface area contributed by atoms with E-state index in [4.69, 9.17) is 4.42 Å². The Bertz CT molecular complexity index is 795. The van der Waals surface area contributed by atoms with E-state index in [1.165, 1.54) is 12.1 Å². The van der Waals surface area contributed by atoms with Crippen LogP contribution in [0.1, 0.15) is 23.0 Å². The number of hydrogen-bond acceptors (Lipinski definition) is 2. The summed E-state index contributed by atoms with van der Waals surface area (Å²) >= 11 is 3.31. The summed E-state index contributed by atoms with van der Waals surface area (Å²) < 4.78 is 19.4. The topological polar surface area (TPSA) is 33.4 Å². The minimum Gasteiger partial charge on any atom is -0.458 e. The molecular weight excluding hydrogens is 335 g/mol. The molecule has 0 saturated heterocycles. The first kappa shape index (κ1) is 14.3. The van der Waals surface area contributed by atoms with Gasteiger partial charge < -0.3 is 9.52 Å². The van der Waals surface area contributed by atoms with Crippen molar-refractivity contribution in [2.45, 2.75) is 19.4 Å². The Kier molecular flexibility index (Phi) is 3.83. The van der Waals surface area contributed by atoms with E-state index in [0.717, 1.165) is 22.1 Å². The van der Waals surface area contributed by atoms with Crippen molar-refractivity contribution in [1.82, 2.24) is 0 Å². The van der Waals surface area contributed by atoms with Crippen LogP contribution in [0.5, 0.6) is 0 Å². The van der Waals surface area contributed by atoms with Crippen molar-refractivity contribution in [1.29, 1.82) is 0 Å². The maximum atomic E-state index is 13.1. The van der Waals surface area contributed by atoms with Gasteiger partial charge in [-0.2, -0.15) is 0 Å². The number of hydrogen-bond donors (Lipinski definition) is 1. The Morgan fingerprint density at radius 1 is 1.19 bits per heavy atom. The molecule has 21 heavy (non-hydrogen) atoms. The van der Waals surface area contributed by atoms with Crippen molar-refractivity contribution in [2.24, 2.45) is 0 Å². The molecule has 1 N–H and O–H groups in total. The van der Waals surface area contributed by atoms with Crippen molar-refractivity contribution >= 4 is 26.9 Å². The lowest BCUT2D eigenvalue weighted by atomic mass is 10.1. The molecule has 2 nitrogen and oxygen atoms in total. The van der Waals surface area contributed by atoms with E-state index in [0.29, 0.717) is 16.7 Å². The summed E-state index contributed by atoms with van der Waals surface area (Å²) in [6, 6.07) is 12.2. The number of aryl methyl sites for hydroxylation is 1. The number of furan rings is 1. The van der Waals surface area contributed by atoms with Crippen LogP contribution in [0.15, 0.2) is 51.4 Å². The van der Waals surface area contributed by atoms with Crippen LogP contribution in [-0.4, -0.2) is 5.11 Å². The molecule has 0 saturated carbocycles. The molecule has 0 amide bonds. The van der Waals surface area contributed by atoms with Crippen LogP contribution in [0.3, 0.4) is 0 Å². The van der Waals surface area contributed by atoms with Crippen molar-refractivity contribution in [3.8, 4) is 0 Å². The molecule has 4 heteroatoms. The van der Waals surface area contributed by atoms with Crippen molar-refractivity contribution in [3.05, 3.63) is 69.6 Å². The Hall–Kier alpha value is -1.65. The second-order valence-electron chi connectivity index (χ2n) is 5.15. The molecule has 0 bridgehead atoms. The van der Waals surface area contributed by atoms with Crippen LogP contribution < -0.4 is 0 Å². The molecule has 2 aromatic carbocycles. The third kappa shape index (κ3) is 3.01. The molecule has 108 valence electrons. The fourth-order valence-corrected chi connectivity index (χ4v) is 2.86. The monoisotopic (exact) mass is 348 g/mol. The van der Waals surface area contributed by atoms with Gasteiger partial charge in [0.05, 0.1) is 0 Å². The molecule has 3 aromatic rings. The summed E-state index contributed by atoms with van der Waals surface area (Å²) in [6.07, 6.45) is -0.404. The van der Waals surface area contributed by atoms with E-state index >= 15 is 0 Å². The van der Waals surface area contributed by atoms with E-state index in [1.54, 1.807) is 6.07 Å². The van der Waals surface area contributed by atoms with Crippen LogP contribution in [0, 0.1) is 12.7 Å². The number of fused-ring (bicyclic) bond motifs is 1. The standard InChI is InChI=1S/C17H14BrFO2/c1-10-2-5-16-12(6-10)8-17(21-16)15(20)7-11-3-4-13(19)9-14(11)18/h2-6,8-9,15,20H,7H2,1H3. The van der Waals surface area contributed by atoms with Gasteiger partial charge in [0.25, 0.3) is 0 Å². The quantitative estimate of drug-likeness (QED) is 0.728. The zero-order chi connectivity index (χ0) is 15.0. The highest BCUT2D eigenvalue weighted by molar-refractivity contribution is 9.10. The zero-order valence-electron chi connectivity index (χ0n) is 11.4. The van der Waals surface area contributed by atoms with E-state index in [2.05, 4.69) is 15.9 Å². The summed E-state index contributed by atoms with van der Waals surface area (Å²) in [4.78, 5) is 0. The fraction of sp³-hybridized carbons (Fsp3) is 0.176. The second-order valence-corrected chi connectivity index (χ2v) is 6.00. The lowest BCUT2D eigenvalue weighted by molar-refractivity contribution is 0.152. The Balaban J connectivity index is 1.87. The minimum absolute atomic E-state index is 0.306. The molecule has 0 aliphatic heterocycles. The number of aliphatic hydroxyl groups excluding tert-OH is 1. The average molecular weight is 349 g/mol. The molecule has 1 heterocycles. The van der Waals surface area contributed by atoms with Gasteiger partial charge in [0.2, 0.25) is 0 Å². The highest BCUT2D eigenvalue weighted by Crippen LogP contribution is 2.29. The first-order chi connectivity index (χ1) is 10.0. The maximum Gasteiger partial charge on any atom is 0.134 e. The molecule has 1 atom stereocenters. The maximum absolute atomic E-state index is 13.1. The predicted octanol–water partition coefficient (Wildman–Crippen LogP) is 4.92. The molecule has 0 aliphatic rings. The number of benzene rings is 2. The Morgan fingerprint density at radius 3 is 2.76 bits per heavy atom.